The van der Waals surface area contributed by atoms with Crippen molar-refractivity contribution in [3.05, 3.63) is 29.8 Å². The molecule has 0 heterocycles. The van der Waals surface area contributed by atoms with Crippen molar-refractivity contribution in [1.82, 2.24) is 4.90 Å². The number of carbonyl (C=O) groups is 1. The molecule has 1 aromatic carbocycles. The third kappa shape index (κ3) is 4.96. The molecule has 0 radical (unpaired) electrons. The molecule has 0 aromatic heterocycles. The van der Waals surface area contributed by atoms with Crippen LogP contribution >= 0.6 is 11.6 Å². The summed E-state index contributed by atoms with van der Waals surface area (Å²) >= 11 is 5.59. The number of carbonyl (C=O) groups excluding carboxylic acids is 1. The molecule has 18 heavy (non-hydrogen) atoms. The van der Waals surface area contributed by atoms with Crippen molar-refractivity contribution in [1.29, 1.82) is 0 Å². The lowest BCUT2D eigenvalue weighted by Gasteiger charge is -2.17. The Kier molecular flexibility index (Phi) is 6.58. The van der Waals surface area contributed by atoms with Gasteiger partial charge in [-0.25, -0.2) is 0 Å². The van der Waals surface area contributed by atoms with Crippen molar-refractivity contribution in [2.45, 2.75) is 25.8 Å². The molecule has 0 fully saturated rings. The summed E-state index contributed by atoms with van der Waals surface area (Å²) in [5.74, 6) is 1.61. The first-order chi connectivity index (χ1) is 8.67. The molecular formula is C14H20ClNO2. The van der Waals surface area contributed by atoms with E-state index in [-0.39, 0.29) is 5.91 Å². The number of unbranched alkanes of at least 4 members (excludes halogenated alkanes) is 1. The first-order valence-electron chi connectivity index (χ1n) is 6.10. The maximum absolute atomic E-state index is 11.8. The fourth-order valence-corrected chi connectivity index (χ4v) is 1.84. The van der Waals surface area contributed by atoms with E-state index in [2.05, 4.69) is 0 Å². The van der Waals surface area contributed by atoms with Gasteiger partial charge in [0.25, 0.3) is 0 Å². The SMILES string of the molecule is COc1ccc(CN(C)C(=O)CCCCCl)cc1. The predicted octanol–water partition coefficient (Wildman–Crippen LogP) is 3.06. The van der Waals surface area contributed by atoms with E-state index in [9.17, 15) is 4.79 Å². The number of hydrogen-bond acceptors (Lipinski definition) is 2. The molecule has 1 aromatic rings. The monoisotopic (exact) mass is 269 g/mol. The van der Waals surface area contributed by atoms with Crippen molar-refractivity contribution in [3.63, 3.8) is 0 Å². The average Bonchev–Trinajstić information content (AvgIpc) is 2.39. The van der Waals surface area contributed by atoms with Gasteiger partial charge < -0.3 is 9.64 Å². The molecule has 0 aliphatic rings. The molecule has 0 bridgehead atoms. The third-order valence-electron chi connectivity index (χ3n) is 2.78. The van der Waals surface area contributed by atoms with Gasteiger partial charge >= 0.3 is 0 Å². The highest BCUT2D eigenvalue weighted by molar-refractivity contribution is 6.17. The summed E-state index contributed by atoms with van der Waals surface area (Å²) in [6.07, 6.45) is 2.32. The summed E-state index contributed by atoms with van der Waals surface area (Å²) < 4.78 is 5.09. The lowest BCUT2D eigenvalue weighted by atomic mass is 10.2. The molecule has 3 nitrogen and oxygen atoms in total. The van der Waals surface area contributed by atoms with Gasteiger partial charge in [-0.3, -0.25) is 4.79 Å². The molecule has 0 atom stereocenters. The normalized spacial score (nSPS) is 10.2. The number of methoxy groups -OCH3 is 1. The Labute approximate surface area is 114 Å². The second-order valence-corrected chi connectivity index (χ2v) is 4.62. The van der Waals surface area contributed by atoms with E-state index in [0.29, 0.717) is 18.8 Å². The highest BCUT2D eigenvalue weighted by atomic mass is 35.5. The summed E-state index contributed by atoms with van der Waals surface area (Å²) in [7, 11) is 3.47. The highest BCUT2D eigenvalue weighted by Crippen LogP contribution is 2.13. The van der Waals surface area contributed by atoms with Crippen molar-refractivity contribution >= 4 is 17.5 Å². The van der Waals surface area contributed by atoms with E-state index in [1.54, 1.807) is 12.0 Å². The number of ether oxygens (including phenoxy) is 1. The topological polar surface area (TPSA) is 29.5 Å². The summed E-state index contributed by atoms with van der Waals surface area (Å²) in [4.78, 5) is 13.5. The lowest BCUT2D eigenvalue weighted by Crippen LogP contribution is -2.25. The van der Waals surface area contributed by atoms with Crippen LogP contribution in [0.25, 0.3) is 0 Å². The number of nitrogens with zero attached hydrogens (tertiary/aromatic N) is 1. The van der Waals surface area contributed by atoms with Gasteiger partial charge in [0.1, 0.15) is 5.75 Å². The van der Waals surface area contributed by atoms with Crippen molar-refractivity contribution in [2.75, 3.05) is 20.0 Å². The van der Waals surface area contributed by atoms with Crippen LogP contribution < -0.4 is 4.74 Å². The second-order valence-electron chi connectivity index (χ2n) is 4.24. The maximum Gasteiger partial charge on any atom is 0.222 e. The molecule has 0 unspecified atom stereocenters. The number of rotatable bonds is 7. The summed E-state index contributed by atoms with van der Waals surface area (Å²) in [5, 5.41) is 0. The molecule has 0 aliphatic carbocycles. The maximum atomic E-state index is 11.8. The highest BCUT2D eigenvalue weighted by Gasteiger charge is 2.08. The zero-order valence-electron chi connectivity index (χ0n) is 11.0. The number of benzene rings is 1. The smallest absolute Gasteiger partial charge is 0.222 e. The Bertz CT molecular complexity index is 365. The van der Waals surface area contributed by atoms with Crippen LogP contribution in [0.2, 0.25) is 0 Å². The van der Waals surface area contributed by atoms with E-state index < -0.39 is 0 Å². The molecular weight excluding hydrogens is 250 g/mol. The van der Waals surface area contributed by atoms with Crippen LogP contribution in [0.4, 0.5) is 0 Å². The van der Waals surface area contributed by atoms with Gasteiger partial charge in [-0.1, -0.05) is 12.1 Å². The number of alkyl halides is 1. The molecule has 0 spiro atoms. The van der Waals surface area contributed by atoms with Gasteiger partial charge in [0.05, 0.1) is 7.11 Å². The van der Waals surface area contributed by atoms with Gasteiger partial charge in [0, 0.05) is 25.9 Å². The van der Waals surface area contributed by atoms with Crippen molar-refractivity contribution in [2.24, 2.45) is 0 Å². The van der Waals surface area contributed by atoms with Crippen LogP contribution in [0.1, 0.15) is 24.8 Å². The Morgan fingerprint density at radius 3 is 2.50 bits per heavy atom. The minimum Gasteiger partial charge on any atom is -0.497 e. The van der Waals surface area contributed by atoms with Crippen LogP contribution in [0.3, 0.4) is 0 Å². The minimum atomic E-state index is 0.163. The number of halogens is 1. The Morgan fingerprint density at radius 2 is 1.94 bits per heavy atom. The molecule has 4 heteroatoms. The van der Waals surface area contributed by atoms with Crippen LogP contribution in [0.15, 0.2) is 24.3 Å². The van der Waals surface area contributed by atoms with Gasteiger partial charge in [0.2, 0.25) is 5.91 Å². The zero-order chi connectivity index (χ0) is 13.4. The minimum absolute atomic E-state index is 0.163. The molecule has 1 amide bonds. The molecule has 0 saturated carbocycles. The van der Waals surface area contributed by atoms with E-state index >= 15 is 0 Å². The molecule has 1 rings (SSSR count). The lowest BCUT2D eigenvalue weighted by molar-refractivity contribution is -0.130. The van der Waals surface area contributed by atoms with Gasteiger partial charge in [0.15, 0.2) is 0 Å². The second kappa shape index (κ2) is 7.98. The predicted molar refractivity (Wildman–Crippen MR) is 74.0 cm³/mol. The van der Waals surface area contributed by atoms with E-state index in [0.717, 1.165) is 24.2 Å². The summed E-state index contributed by atoms with van der Waals surface area (Å²) in [5.41, 5.74) is 1.10. The van der Waals surface area contributed by atoms with E-state index in [1.807, 2.05) is 31.3 Å². The third-order valence-corrected chi connectivity index (χ3v) is 3.05. The van der Waals surface area contributed by atoms with Crippen molar-refractivity contribution < 1.29 is 9.53 Å². The number of amides is 1. The fraction of sp³-hybridized carbons (Fsp3) is 0.500. The first kappa shape index (κ1) is 14.8. The zero-order valence-corrected chi connectivity index (χ0v) is 11.7. The number of hydrogen-bond donors (Lipinski definition) is 0. The van der Waals surface area contributed by atoms with Crippen LogP contribution in [0, 0.1) is 0 Å². The largest absolute Gasteiger partial charge is 0.497 e. The average molecular weight is 270 g/mol. The standard InChI is InChI=1S/C14H20ClNO2/c1-16(14(17)5-3-4-10-15)11-12-6-8-13(18-2)9-7-12/h6-9H,3-5,10-11H2,1-2H3. The van der Waals surface area contributed by atoms with Crippen molar-refractivity contribution in [3.8, 4) is 5.75 Å². The van der Waals surface area contributed by atoms with Gasteiger partial charge in [-0.15, -0.1) is 11.6 Å². The van der Waals surface area contributed by atoms with Crippen LogP contribution in [-0.4, -0.2) is 30.8 Å². The molecule has 100 valence electrons. The summed E-state index contributed by atoms with van der Waals surface area (Å²) in [6.45, 7) is 0.629. The first-order valence-corrected chi connectivity index (χ1v) is 6.63. The Balaban J connectivity index is 2.42. The van der Waals surface area contributed by atoms with Crippen LogP contribution in [0.5, 0.6) is 5.75 Å². The van der Waals surface area contributed by atoms with Crippen LogP contribution in [-0.2, 0) is 11.3 Å². The molecule has 0 saturated heterocycles. The Morgan fingerprint density at radius 1 is 1.28 bits per heavy atom. The Hall–Kier alpha value is -1.22. The van der Waals surface area contributed by atoms with Gasteiger partial charge in [-0.05, 0) is 30.5 Å². The van der Waals surface area contributed by atoms with E-state index in [4.69, 9.17) is 16.3 Å². The fourth-order valence-electron chi connectivity index (χ4n) is 1.65. The quantitative estimate of drug-likeness (QED) is 0.562. The van der Waals surface area contributed by atoms with Gasteiger partial charge in [-0.2, -0.15) is 0 Å². The molecule has 0 N–H and O–H groups in total. The summed E-state index contributed by atoms with van der Waals surface area (Å²) in [6, 6.07) is 7.76. The van der Waals surface area contributed by atoms with E-state index in [1.165, 1.54) is 0 Å². The molecule has 0 aliphatic heterocycles.